The van der Waals surface area contributed by atoms with Crippen molar-refractivity contribution in [3.8, 4) is 11.5 Å². The number of ether oxygens (including phenoxy) is 2. The number of carbonyl (C=O) groups is 1. The van der Waals surface area contributed by atoms with Crippen LogP contribution in [0.3, 0.4) is 0 Å². The van der Waals surface area contributed by atoms with E-state index < -0.39 is 6.04 Å². The Morgan fingerprint density at radius 3 is 2.83 bits per heavy atom. The van der Waals surface area contributed by atoms with Gasteiger partial charge in [-0.1, -0.05) is 6.07 Å². The molecule has 5 nitrogen and oxygen atoms in total. The molecule has 2 aliphatic carbocycles. The second-order valence-corrected chi connectivity index (χ2v) is 7.36. The van der Waals surface area contributed by atoms with E-state index in [1.54, 1.807) is 6.92 Å². The fraction of sp³-hybridized carbons (Fsp3) is 0.611. The third-order valence-corrected chi connectivity index (χ3v) is 5.34. The number of rotatable bonds is 4. The summed E-state index contributed by atoms with van der Waals surface area (Å²) in [6, 6.07) is 3.88. The number of amides is 1. The molecule has 0 unspecified atom stereocenters. The molecular weight excluding hydrogens is 292 g/mol. The zero-order valence-corrected chi connectivity index (χ0v) is 13.7. The Balaban J connectivity index is 1.42. The van der Waals surface area contributed by atoms with Crippen LogP contribution in [0.1, 0.15) is 43.7 Å². The average molecular weight is 316 g/mol. The van der Waals surface area contributed by atoms with Gasteiger partial charge >= 0.3 is 0 Å². The lowest BCUT2D eigenvalue weighted by Crippen LogP contribution is -2.52. The van der Waals surface area contributed by atoms with Gasteiger partial charge in [-0.05, 0) is 38.3 Å². The highest BCUT2D eigenvalue weighted by atomic mass is 16.5. The molecule has 1 aromatic rings. The summed E-state index contributed by atoms with van der Waals surface area (Å²) in [6.07, 6.45) is 4.23. The molecule has 3 aliphatic rings. The normalized spacial score (nSPS) is 27.6. The van der Waals surface area contributed by atoms with E-state index in [4.69, 9.17) is 15.2 Å². The van der Waals surface area contributed by atoms with Crippen molar-refractivity contribution in [2.24, 2.45) is 5.73 Å². The molecule has 0 bridgehead atoms. The maximum absolute atomic E-state index is 11.6. The first kappa shape index (κ1) is 14.8. The summed E-state index contributed by atoms with van der Waals surface area (Å²) < 4.78 is 12.2. The van der Waals surface area contributed by atoms with Crippen molar-refractivity contribution >= 4 is 5.91 Å². The van der Waals surface area contributed by atoms with E-state index in [1.165, 1.54) is 24.0 Å². The predicted octanol–water partition coefficient (Wildman–Crippen LogP) is 1.79. The Morgan fingerprint density at radius 1 is 1.43 bits per heavy atom. The molecule has 0 saturated heterocycles. The molecule has 1 amide bonds. The molecule has 5 heteroatoms. The van der Waals surface area contributed by atoms with Crippen molar-refractivity contribution in [1.82, 2.24) is 5.32 Å². The van der Waals surface area contributed by atoms with Crippen molar-refractivity contribution in [3.05, 3.63) is 23.3 Å². The maximum Gasteiger partial charge on any atom is 0.236 e. The van der Waals surface area contributed by atoms with Crippen LogP contribution < -0.4 is 20.5 Å². The summed E-state index contributed by atoms with van der Waals surface area (Å²) in [5.41, 5.74) is 8.25. The Hall–Kier alpha value is -1.75. The minimum Gasteiger partial charge on any atom is -0.492 e. The Morgan fingerprint density at radius 2 is 2.17 bits per heavy atom. The van der Waals surface area contributed by atoms with Crippen LogP contribution in [0.25, 0.3) is 0 Å². The quantitative estimate of drug-likeness (QED) is 0.888. The van der Waals surface area contributed by atoms with Crippen LogP contribution >= 0.6 is 0 Å². The Labute approximate surface area is 136 Å². The monoisotopic (exact) mass is 316 g/mol. The summed E-state index contributed by atoms with van der Waals surface area (Å²) in [4.78, 5) is 11.6. The van der Waals surface area contributed by atoms with E-state index in [0.29, 0.717) is 0 Å². The van der Waals surface area contributed by atoms with Crippen molar-refractivity contribution in [2.75, 3.05) is 6.61 Å². The molecule has 1 atom stereocenters. The van der Waals surface area contributed by atoms with E-state index in [0.717, 1.165) is 30.9 Å². The standard InChI is InChI=1S/C18H24N2O3/c1-10-3-4-14(15-16(10)22-9-18(15)5-6-18)23-13-7-12(8-13)20-17(21)11(2)19/h3-4,11-13H,5-9,19H2,1-2H3,(H,20,21)/t11-,12?,13?/m0/s1. The van der Waals surface area contributed by atoms with Crippen LogP contribution in [0.2, 0.25) is 0 Å². The van der Waals surface area contributed by atoms with Crippen molar-refractivity contribution in [3.63, 3.8) is 0 Å². The number of aryl methyl sites for hydroxylation is 1. The summed E-state index contributed by atoms with van der Waals surface area (Å²) in [6.45, 7) is 4.58. The Kier molecular flexibility index (Phi) is 3.30. The molecule has 1 aromatic carbocycles. The van der Waals surface area contributed by atoms with Gasteiger partial charge in [0, 0.05) is 29.9 Å². The second-order valence-electron chi connectivity index (χ2n) is 7.36. The summed E-state index contributed by atoms with van der Waals surface area (Å²) in [5.74, 6) is 1.92. The first-order chi connectivity index (χ1) is 11.0. The van der Waals surface area contributed by atoms with Crippen LogP contribution in [0.15, 0.2) is 12.1 Å². The van der Waals surface area contributed by atoms with Gasteiger partial charge in [-0.25, -0.2) is 0 Å². The van der Waals surface area contributed by atoms with Crippen LogP contribution in [0.5, 0.6) is 11.5 Å². The highest BCUT2D eigenvalue weighted by molar-refractivity contribution is 5.81. The van der Waals surface area contributed by atoms with Gasteiger partial charge in [-0.2, -0.15) is 0 Å². The van der Waals surface area contributed by atoms with E-state index >= 15 is 0 Å². The van der Waals surface area contributed by atoms with Crippen LogP contribution in [-0.2, 0) is 10.2 Å². The van der Waals surface area contributed by atoms with Gasteiger partial charge in [-0.15, -0.1) is 0 Å². The fourth-order valence-electron chi connectivity index (χ4n) is 3.57. The molecule has 1 aliphatic heterocycles. The fourth-order valence-corrected chi connectivity index (χ4v) is 3.57. The van der Waals surface area contributed by atoms with E-state index in [-0.39, 0.29) is 23.5 Å². The molecule has 4 rings (SSSR count). The third-order valence-electron chi connectivity index (χ3n) is 5.34. The number of hydrogen-bond acceptors (Lipinski definition) is 4. The maximum atomic E-state index is 11.6. The van der Waals surface area contributed by atoms with E-state index in [1.807, 2.05) is 0 Å². The molecular formula is C18H24N2O3. The zero-order valence-electron chi connectivity index (χ0n) is 13.7. The van der Waals surface area contributed by atoms with Gasteiger partial charge in [0.05, 0.1) is 12.6 Å². The number of nitrogens with two attached hydrogens (primary N) is 1. The topological polar surface area (TPSA) is 73.6 Å². The minimum absolute atomic E-state index is 0.0880. The van der Waals surface area contributed by atoms with E-state index in [9.17, 15) is 4.79 Å². The van der Waals surface area contributed by atoms with Crippen LogP contribution in [-0.4, -0.2) is 30.7 Å². The summed E-state index contributed by atoms with van der Waals surface area (Å²) in [7, 11) is 0. The van der Waals surface area contributed by atoms with Gasteiger partial charge in [0.1, 0.15) is 17.6 Å². The van der Waals surface area contributed by atoms with Crippen LogP contribution in [0, 0.1) is 6.92 Å². The second kappa shape index (κ2) is 5.13. The highest BCUT2D eigenvalue weighted by Gasteiger charge is 2.53. The van der Waals surface area contributed by atoms with Crippen molar-refractivity contribution < 1.29 is 14.3 Å². The molecule has 0 radical (unpaired) electrons. The molecule has 3 N–H and O–H groups in total. The van der Waals surface area contributed by atoms with Crippen molar-refractivity contribution in [2.45, 2.75) is 63.1 Å². The first-order valence-electron chi connectivity index (χ1n) is 8.48. The van der Waals surface area contributed by atoms with Gasteiger partial charge in [-0.3, -0.25) is 4.79 Å². The van der Waals surface area contributed by atoms with Gasteiger partial charge in [0.25, 0.3) is 0 Å². The molecule has 23 heavy (non-hydrogen) atoms. The predicted molar refractivity (Wildman–Crippen MR) is 86.8 cm³/mol. The molecule has 124 valence electrons. The van der Waals surface area contributed by atoms with Gasteiger partial charge < -0.3 is 20.5 Å². The number of benzene rings is 1. The van der Waals surface area contributed by atoms with Gasteiger partial charge in [0.15, 0.2) is 0 Å². The molecule has 2 fully saturated rings. The number of fused-ring (bicyclic) bond motifs is 2. The first-order valence-corrected chi connectivity index (χ1v) is 8.48. The molecule has 2 saturated carbocycles. The Bertz CT molecular complexity index is 646. The summed E-state index contributed by atoms with van der Waals surface area (Å²) in [5, 5.41) is 2.95. The number of hydrogen-bond donors (Lipinski definition) is 2. The lowest BCUT2D eigenvalue weighted by Gasteiger charge is -2.36. The summed E-state index contributed by atoms with van der Waals surface area (Å²) >= 11 is 0. The largest absolute Gasteiger partial charge is 0.492 e. The lowest BCUT2D eigenvalue weighted by atomic mass is 9.88. The zero-order chi connectivity index (χ0) is 16.2. The smallest absolute Gasteiger partial charge is 0.236 e. The van der Waals surface area contributed by atoms with Crippen LogP contribution in [0.4, 0.5) is 0 Å². The van der Waals surface area contributed by atoms with Crippen molar-refractivity contribution in [1.29, 1.82) is 0 Å². The minimum atomic E-state index is -0.456. The lowest BCUT2D eigenvalue weighted by molar-refractivity contribution is -0.123. The number of carbonyl (C=O) groups excluding carboxylic acids is 1. The molecule has 0 aromatic heterocycles. The van der Waals surface area contributed by atoms with Gasteiger partial charge in [0.2, 0.25) is 5.91 Å². The highest BCUT2D eigenvalue weighted by Crippen LogP contribution is 2.59. The molecule has 1 heterocycles. The SMILES string of the molecule is Cc1ccc(OC2CC(NC(=O)[C@H](C)N)C2)c2c1OCC21CC1. The average Bonchev–Trinajstić information content (AvgIpc) is 3.14. The molecule has 1 spiro atoms. The third kappa shape index (κ3) is 2.47. The van der Waals surface area contributed by atoms with E-state index in [2.05, 4.69) is 24.4 Å². The number of nitrogens with one attached hydrogen (secondary N) is 1.